The second-order valence-corrected chi connectivity index (χ2v) is 3.24. The number of ether oxygens (including phenoxy) is 1. The Bertz CT molecular complexity index is 79.9. The largest absolute Gasteiger partial charge is 0.394 e. The average Bonchev–Trinajstić information content (AvgIpc) is 2.11. The van der Waals surface area contributed by atoms with E-state index in [-0.39, 0.29) is 12.7 Å². The Morgan fingerprint density at radius 3 is 2.33 bits per heavy atom. The van der Waals surface area contributed by atoms with Crippen molar-refractivity contribution in [3.63, 3.8) is 0 Å². The van der Waals surface area contributed by atoms with Gasteiger partial charge in [0.25, 0.3) is 0 Å². The Labute approximate surface area is 75.9 Å². The molecule has 0 saturated carbocycles. The maximum absolute atomic E-state index is 8.80. The van der Waals surface area contributed by atoms with Crippen LogP contribution in [-0.4, -0.2) is 24.9 Å². The summed E-state index contributed by atoms with van der Waals surface area (Å²) in [5.41, 5.74) is 0. The van der Waals surface area contributed by atoms with E-state index < -0.39 is 0 Å². The molecule has 0 aromatic rings. The normalized spacial score (nSPS) is 13.2. The summed E-state index contributed by atoms with van der Waals surface area (Å²) in [6, 6.07) is 0. The molecular formula is C10H22O2. The van der Waals surface area contributed by atoms with Gasteiger partial charge in [-0.15, -0.1) is 0 Å². The van der Waals surface area contributed by atoms with Crippen molar-refractivity contribution in [3.8, 4) is 0 Å². The van der Waals surface area contributed by atoms with Crippen molar-refractivity contribution in [2.45, 2.75) is 51.6 Å². The van der Waals surface area contributed by atoms with E-state index in [4.69, 9.17) is 9.84 Å². The Balaban J connectivity index is 3.06. The minimum atomic E-state index is 0.0617. The van der Waals surface area contributed by atoms with Crippen LogP contribution in [0.1, 0.15) is 45.4 Å². The lowest BCUT2D eigenvalue weighted by Gasteiger charge is -2.11. The highest BCUT2D eigenvalue weighted by Crippen LogP contribution is 2.08. The standard InChI is InChI=1S/C10H22O2/c1-3-4-5-6-7-8-10(9-11)12-2/h10-11H,3-9H2,1-2H3. The van der Waals surface area contributed by atoms with Crippen molar-refractivity contribution in [2.75, 3.05) is 13.7 Å². The minimum Gasteiger partial charge on any atom is -0.394 e. The molecule has 12 heavy (non-hydrogen) atoms. The van der Waals surface area contributed by atoms with Crippen molar-refractivity contribution in [3.05, 3.63) is 0 Å². The molecule has 0 aliphatic heterocycles. The zero-order chi connectivity index (χ0) is 9.23. The zero-order valence-electron chi connectivity index (χ0n) is 8.38. The predicted molar refractivity (Wildman–Crippen MR) is 51.3 cm³/mol. The zero-order valence-corrected chi connectivity index (χ0v) is 8.38. The molecule has 2 heteroatoms. The van der Waals surface area contributed by atoms with Crippen LogP contribution in [0, 0.1) is 0 Å². The fourth-order valence-corrected chi connectivity index (χ4v) is 1.26. The van der Waals surface area contributed by atoms with Gasteiger partial charge in [0.1, 0.15) is 0 Å². The van der Waals surface area contributed by atoms with Crippen molar-refractivity contribution in [1.29, 1.82) is 0 Å². The van der Waals surface area contributed by atoms with Crippen LogP contribution in [-0.2, 0) is 4.74 Å². The number of rotatable bonds is 8. The van der Waals surface area contributed by atoms with E-state index in [9.17, 15) is 0 Å². The summed E-state index contributed by atoms with van der Waals surface area (Å²) in [5, 5.41) is 8.80. The lowest BCUT2D eigenvalue weighted by Crippen LogP contribution is -2.14. The van der Waals surface area contributed by atoms with E-state index in [1.807, 2.05) is 0 Å². The number of hydrogen-bond acceptors (Lipinski definition) is 2. The lowest BCUT2D eigenvalue weighted by molar-refractivity contribution is 0.0415. The van der Waals surface area contributed by atoms with Crippen molar-refractivity contribution < 1.29 is 9.84 Å². The summed E-state index contributed by atoms with van der Waals surface area (Å²) in [5.74, 6) is 0. The topological polar surface area (TPSA) is 29.5 Å². The van der Waals surface area contributed by atoms with Crippen LogP contribution >= 0.6 is 0 Å². The first kappa shape index (κ1) is 11.9. The van der Waals surface area contributed by atoms with Gasteiger partial charge in [-0.1, -0.05) is 39.0 Å². The number of aliphatic hydroxyl groups is 1. The molecule has 0 aromatic heterocycles. The minimum absolute atomic E-state index is 0.0617. The van der Waals surface area contributed by atoms with Gasteiger partial charge < -0.3 is 9.84 Å². The molecule has 0 saturated heterocycles. The third-order valence-electron chi connectivity index (χ3n) is 2.17. The number of aliphatic hydroxyl groups excluding tert-OH is 1. The van der Waals surface area contributed by atoms with E-state index in [0.29, 0.717) is 0 Å². The summed E-state index contributed by atoms with van der Waals surface area (Å²) in [4.78, 5) is 0. The van der Waals surface area contributed by atoms with Gasteiger partial charge >= 0.3 is 0 Å². The lowest BCUT2D eigenvalue weighted by atomic mass is 10.1. The highest BCUT2D eigenvalue weighted by atomic mass is 16.5. The monoisotopic (exact) mass is 174 g/mol. The number of methoxy groups -OCH3 is 1. The molecule has 0 heterocycles. The van der Waals surface area contributed by atoms with Gasteiger partial charge in [-0.05, 0) is 6.42 Å². The molecule has 1 unspecified atom stereocenters. The molecule has 0 aromatic carbocycles. The van der Waals surface area contributed by atoms with E-state index in [2.05, 4.69) is 6.92 Å². The van der Waals surface area contributed by atoms with Crippen LogP contribution in [0.4, 0.5) is 0 Å². The number of unbranched alkanes of at least 4 members (excludes halogenated alkanes) is 4. The maximum Gasteiger partial charge on any atom is 0.0802 e. The molecule has 0 aliphatic rings. The van der Waals surface area contributed by atoms with E-state index in [1.165, 1.54) is 32.1 Å². The van der Waals surface area contributed by atoms with Crippen LogP contribution in [0.5, 0.6) is 0 Å². The Morgan fingerprint density at radius 1 is 1.17 bits per heavy atom. The predicted octanol–water partition coefficient (Wildman–Crippen LogP) is 2.35. The van der Waals surface area contributed by atoms with Crippen LogP contribution in [0.25, 0.3) is 0 Å². The van der Waals surface area contributed by atoms with Crippen molar-refractivity contribution in [2.24, 2.45) is 0 Å². The summed E-state index contributed by atoms with van der Waals surface area (Å²) in [7, 11) is 1.66. The second-order valence-electron chi connectivity index (χ2n) is 3.24. The van der Waals surface area contributed by atoms with Crippen LogP contribution in [0.2, 0.25) is 0 Å². The summed E-state index contributed by atoms with van der Waals surface area (Å²) >= 11 is 0. The molecule has 0 amide bonds. The third-order valence-corrected chi connectivity index (χ3v) is 2.17. The second kappa shape index (κ2) is 9.01. The van der Waals surface area contributed by atoms with Crippen LogP contribution in [0.3, 0.4) is 0 Å². The molecule has 2 nitrogen and oxygen atoms in total. The van der Waals surface area contributed by atoms with Gasteiger partial charge in [-0.2, -0.15) is 0 Å². The van der Waals surface area contributed by atoms with E-state index >= 15 is 0 Å². The molecule has 1 atom stereocenters. The fourth-order valence-electron chi connectivity index (χ4n) is 1.26. The van der Waals surface area contributed by atoms with E-state index in [0.717, 1.165) is 6.42 Å². The highest BCUT2D eigenvalue weighted by molar-refractivity contribution is 4.55. The van der Waals surface area contributed by atoms with Gasteiger partial charge in [-0.3, -0.25) is 0 Å². The quantitative estimate of drug-likeness (QED) is 0.572. The summed E-state index contributed by atoms with van der Waals surface area (Å²) in [6.07, 6.45) is 7.44. The summed E-state index contributed by atoms with van der Waals surface area (Å²) < 4.78 is 5.06. The van der Waals surface area contributed by atoms with E-state index in [1.54, 1.807) is 7.11 Å². The Morgan fingerprint density at radius 2 is 1.83 bits per heavy atom. The first-order valence-electron chi connectivity index (χ1n) is 4.98. The molecule has 0 rings (SSSR count). The van der Waals surface area contributed by atoms with Gasteiger partial charge in [0.15, 0.2) is 0 Å². The first-order valence-corrected chi connectivity index (χ1v) is 4.98. The maximum atomic E-state index is 8.80. The fraction of sp³-hybridized carbons (Fsp3) is 1.00. The SMILES string of the molecule is CCCCCCCC(CO)OC. The van der Waals surface area contributed by atoms with Crippen molar-refractivity contribution in [1.82, 2.24) is 0 Å². The Hall–Kier alpha value is -0.0800. The number of hydrogen-bond donors (Lipinski definition) is 1. The average molecular weight is 174 g/mol. The Kier molecular flexibility index (Phi) is 8.95. The first-order chi connectivity index (χ1) is 5.85. The van der Waals surface area contributed by atoms with Gasteiger partial charge in [-0.25, -0.2) is 0 Å². The molecule has 74 valence electrons. The molecule has 0 spiro atoms. The molecule has 1 N–H and O–H groups in total. The molecule has 0 fully saturated rings. The van der Waals surface area contributed by atoms with Gasteiger partial charge in [0, 0.05) is 7.11 Å². The molecule has 0 bridgehead atoms. The van der Waals surface area contributed by atoms with Crippen LogP contribution in [0.15, 0.2) is 0 Å². The summed E-state index contributed by atoms with van der Waals surface area (Å²) in [6.45, 7) is 2.37. The molecular weight excluding hydrogens is 152 g/mol. The van der Waals surface area contributed by atoms with Crippen molar-refractivity contribution >= 4 is 0 Å². The highest BCUT2D eigenvalue weighted by Gasteiger charge is 2.03. The third kappa shape index (κ3) is 6.62. The van der Waals surface area contributed by atoms with Gasteiger partial charge in [0.2, 0.25) is 0 Å². The smallest absolute Gasteiger partial charge is 0.0802 e. The molecule has 0 radical (unpaired) electrons. The molecule has 0 aliphatic carbocycles. The van der Waals surface area contributed by atoms with Gasteiger partial charge in [0.05, 0.1) is 12.7 Å². The van der Waals surface area contributed by atoms with Crippen LogP contribution < -0.4 is 0 Å².